The van der Waals surface area contributed by atoms with Crippen LogP contribution in [0.15, 0.2) is 18.2 Å². The summed E-state index contributed by atoms with van der Waals surface area (Å²) in [6, 6.07) is 5.93. The Morgan fingerprint density at radius 2 is 2.16 bits per heavy atom. The van der Waals surface area contributed by atoms with Crippen molar-refractivity contribution in [3.8, 4) is 0 Å². The minimum atomic E-state index is -0.172. The molecule has 1 aromatic heterocycles. The predicted molar refractivity (Wildman–Crippen MR) is 80.2 cm³/mol. The van der Waals surface area contributed by atoms with Crippen LogP contribution in [0.4, 0.5) is 0 Å². The van der Waals surface area contributed by atoms with Gasteiger partial charge in [0.15, 0.2) is 0 Å². The van der Waals surface area contributed by atoms with E-state index in [1.807, 2.05) is 25.1 Å². The minimum absolute atomic E-state index is 0.172. The normalized spacial score (nSPS) is 14.8. The van der Waals surface area contributed by atoms with Crippen molar-refractivity contribution in [2.24, 2.45) is 0 Å². The van der Waals surface area contributed by atoms with Crippen LogP contribution < -0.4 is 0 Å². The molecule has 0 saturated heterocycles. The van der Waals surface area contributed by atoms with Gasteiger partial charge in [-0.25, -0.2) is 4.98 Å². The fourth-order valence-corrected chi connectivity index (χ4v) is 2.76. The van der Waals surface area contributed by atoms with Gasteiger partial charge in [-0.15, -0.1) is 11.6 Å². The molecule has 2 rings (SSSR count). The van der Waals surface area contributed by atoms with Crippen molar-refractivity contribution in [3.05, 3.63) is 29.0 Å². The van der Waals surface area contributed by atoms with Crippen LogP contribution in [0.5, 0.6) is 0 Å². The predicted octanol–water partition coefficient (Wildman–Crippen LogP) is 4.59. The zero-order valence-electron chi connectivity index (χ0n) is 11.4. The van der Waals surface area contributed by atoms with Crippen LogP contribution in [0.3, 0.4) is 0 Å². The number of rotatable bonds is 5. The second-order valence-electron chi connectivity index (χ2n) is 4.58. The summed E-state index contributed by atoms with van der Waals surface area (Å²) in [6.07, 6.45) is 0.932. The summed E-state index contributed by atoms with van der Waals surface area (Å²) in [5.74, 6) is 0.841. The molecule has 0 radical (unpaired) electrons. The zero-order chi connectivity index (χ0) is 14.0. The molecule has 0 aliphatic carbocycles. The summed E-state index contributed by atoms with van der Waals surface area (Å²) < 4.78 is 7.43. The van der Waals surface area contributed by atoms with Gasteiger partial charge in [0, 0.05) is 7.11 Å². The number of hydrogen-bond acceptors (Lipinski definition) is 2. The maximum atomic E-state index is 6.34. The molecule has 0 saturated carbocycles. The van der Waals surface area contributed by atoms with Crippen LogP contribution in [0.2, 0.25) is 5.02 Å². The Bertz CT molecular complexity index is 566. The summed E-state index contributed by atoms with van der Waals surface area (Å²) in [4.78, 5) is 4.62. The van der Waals surface area contributed by atoms with Gasteiger partial charge < -0.3 is 9.30 Å². The van der Waals surface area contributed by atoms with Crippen molar-refractivity contribution in [2.75, 3.05) is 13.7 Å². The lowest BCUT2D eigenvalue weighted by Crippen LogP contribution is -2.17. The summed E-state index contributed by atoms with van der Waals surface area (Å²) in [6.45, 7) is 4.66. The lowest BCUT2D eigenvalue weighted by Gasteiger charge is -2.21. The Labute approximate surface area is 123 Å². The van der Waals surface area contributed by atoms with Crippen molar-refractivity contribution in [1.29, 1.82) is 0 Å². The highest BCUT2D eigenvalue weighted by molar-refractivity contribution is 6.35. The topological polar surface area (TPSA) is 27.1 Å². The lowest BCUT2D eigenvalue weighted by atomic mass is 10.2. The van der Waals surface area contributed by atoms with Crippen LogP contribution in [-0.4, -0.2) is 23.3 Å². The average molecular weight is 301 g/mol. The number of hydrogen-bond donors (Lipinski definition) is 0. The fraction of sp³-hybridized carbons (Fsp3) is 0.500. The SMILES string of the molecule is CCC(COC)n1c(C(C)Cl)nc2cccc(Cl)c21. The first kappa shape index (κ1) is 14.6. The van der Waals surface area contributed by atoms with Gasteiger partial charge in [-0.05, 0) is 25.5 Å². The quantitative estimate of drug-likeness (QED) is 0.755. The molecule has 0 aliphatic rings. The van der Waals surface area contributed by atoms with E-state index < -0.39 is 0 Å². The van der Waals surface area contributed by atoms with Crippen molar-refractivity contribution >= 4 is 34.2 Å². The standard InChI is InChI=1S/C14H18Cl2N2O/c1-4-10(8-19-3)18-13-11(16)6-5-7-12(13)17-14(18)9(2)15/h5-7,9-10H,4,8H2,1-3H3. The van der Waals surface area contributed by atoms with Crippen LogP contribution in [0, 0.1) is 0 Å². The summed E-state index contributed by atoms with van der Waals surface area (Å²) in [5, 5.41) is 0.525. The number of para-hydroxylation sites is 1. The number of alkyl halides is 1. The lowest BCUT2D eigenvalue weighted by molar-refractivity contribution is 0.153. The van der Waals surface area contributed by atoms with E-state index in [0.29, 0.717) is 11.6 Å². The second-order valence-corrected chi connectivity index (χ2v) is 5.64. The molecule has 0 spiro atoms. The number of ether oxygens (including phenoxy) is 1. The van der Waals surface area contributed by atoms with Gasteiger partial charge >= 0.3 is 0 Å². The van der Waals surface area contributed by atoms with Crippen molar-refractivity contribution in [3.63, 3.8) is 0 Å². The number of aromatic nitrogens is 2. The highest BCUT2D eigenvalue weighted by Crippen LogP contribution is 2.33. The minimum Gasteiger partial charge on any atom is -0.383 e. The van der Waals surface area contributed by atoms with E-state index in [4.69, 9.17) is 27.9 Å². The molecule has 1 heterocycles. The smallest absolute Gasteiger partial charge is 0.128 e. The van der Waals surface area contributed by atoms with E-state index in [9.17, 15) is 0 Å². The molecule has 104 valence electrons. The number of benzene rings is 1. The third-order valence-corrected chi connectivity index (χ3v) is 3.74. The largest absolute Gasteiger partial charge is 0.383 e. The van der Waals surface area contributed by atoms with Gasteiger partial charge in [0.1, 0.15) is 5.82 Å². The van der Waals surface area contributed by atoms with Crippen LogP contribution in [0.25, 0.3) is 11.0 Å². The summed E-state index contributed by atoms with van der Waals surface area (Å²) in [5.41, 5.74) is 1.82. The number of fused-ring (bicyclic) bond motifs is 1. The summed E-state index contributed by atoms with van der Waals surface area (Å²) in [7, 11) is 1.70. The molecule has 5 heteroatoms. The van der Waals surface area contributed by atoms with E-state index in [1.165, 1.54) is 0 Å². The van der Waals surface area contributed by atoms with Gasteiger partial charge in [0.25, 0.3) is 0 Å². The molecule has 2 atom stereocenters. The number of imidazole rings is 1. The van der Waals surface area contributed by atoms with Gasteiger partial charge in [-0.3, -0.25) is 0 Å². The van der Waals surface area contributed by atoms with Gasteiger partial charge in [-0.1, -0.05) is 24.6 Å². The van der Waals surface area contributed by atoms with Gasteiger partial charge in [0.05, 0.1) is 34.1 Å². The molecule has 0 amide bonds. The van der Waals surface area contributed by atoms with Crippen LogP contribution in [-0.2, 0) is 4.74 Å². The Morgan fingerprint density at radius 1 is 1.42 bits per heavy atom. The Kier molecular flexibility index (Phi) is 4.71. The van der Waals surface area contributed by atoms with Crippen LogP contribution in [0.1, 0.15) is 37.5 Å². The van der Waals surface area contributed by atoms with Crippen molar-refractivity contribution < 1.29 is 4.74 Å². The first-order valence-corrected chi connectivity index (χ1v) is 7.20. The third kappa shape index (κ3) is 2.73. The second kappa shape index (κ2) is 6.12. The molecule has 2 aromatic rings. The Balaban J connectivity index is 2.69. The molecule has 0 bridgehead atoms. The van der Waals surface area contributed by atoms with E-state index >= 15 is 0 Å². The van der Waals surface area contributed by atoms with Crippen LogP contribution >= 0.6 is 23.2 Å². The maximum Gasteiger partial charge on any atom is 0.128 e. The first-order chi connectivity index (χ1) is 9.10. The molecule has 0 N–H and O–H groups in total. The van der Waals surface area contributed by atoms with E-state index in [0.717, 1.165) is 23.3 Å². The molecule has 2 unspecified atom stereocenters. The molecular formula is C14H18Cl2N2O. The third-order valence-electron chi connectivity index (χ3n) is 3.24. The highest BCUT2D eigenvalue weighted by Gasteiger charge is 2.22. The molecular weight excluding hydrogens is 283 g/mol. The fourth-order valence-electron chi connectivity index (χ4n) is 2.34. The van der Waals surface area contributed by atoms with Crippen molar-refractivity contribution in [1.82, 2.24) is 9.55 Å². The Hall–Kier alpha value is -0.770. The molecule has 3 nitrogen and oxygen atoms in total. The maximum absolute atomic E-state index is 6.34. The van der Waals surface area contributed by atoms with E-state index in [1.54, 1.807) is 7.11 Å². The number of nitrogens with zero attached hydrogens (tertiary/aromatic N) is 2. The van der Waals surface area contributed by atoms with Crippen molar-refractivity contribution in [2.45, 2.75) is 31.7 Å². The zero-order valence-corrected chi connectivity index (χ0v) is 12.9. The van der Waals surface area contributed by atoms with E-state index in [2.05, 4.69) is 16.5 Å². The van der Waals surface area contributed by atoms with Gasteiger partial charge in [-0.2, -0.15) is 0 Å². The number of halogens is 2. The highest BCUT2D eigenvalue weighted by atomic mass is 35.5. The summed E-state index contributed by atoms with van der Waals surface area (Å²) >= 11 is 12.6. The average Bonchev–Trinajstić information content (AvgIpc) is 2.77. The molecule has 0 aliphatic heterocycles. The van der Waals surface area contributed by atoms with E-state index in [-0.39, 0.29) is 11.4 Å². The molecule has 0 fully saturated rings. The monoisotopic (exact) mass is 300 g/mol. The Morgan fingerprint density at radius 3 is 2.74 bits per heavy atom. The first-order valence-electron chi connectivity index (χ1n) is 6.39. The molecule has 19 heavy (non-hydrogen) atoms. The van der Waals surface area contributed by atoms with Gasteiger partial charge in [0.2, 0.25) is 0 Å². The molecule has 1 aromatic carbocycles. The number of methoxy groups -OCH3 is 1.